The molecule has 0 bridgehead atoms. The van der Waals surface area contributed by atoms with Gasteiger partial charge in [-0.15, -0.1) is 0 Å². The second-order valence-electron chi connectivity index (χ2n) is 16.5. The van der Waals surface area contributed by atoms with E-state index in [1.807, 2.05) is 0 Å². The van der Waals surface area contributed by atoms with Crippen LogP contribution >= 0.6 is 0 Å². The van der Waals surface area contributed by atoms with Crippen LogP contribution in [0.1, 0.15) is 0 Å². The molecule has 12 rings (SSSR count). The molecule has 0 fully saturated rings. The van der Waals surface area contributed by atoms with Crippen LogP contribution in [0.25, 0.3) is 76.9 Å². The van der Waals surface area contributed by atoms with Crippen molar-refractivity contribution in [3.05, 3.63) is 255 Å². The summed E-state index contributed by atoms with van der Waals surface area (Å²) in [5.74, 6) is 0. The quantitative estimate of drug-likeness (QED) is 0.144. The lowest BCUT2D eigenvalue weighted by molar-refractivity contribution is 0.669. The van der Waals surface area contributed by atoms with Gasteiger partial charge in [-0.3, -0.25) is 0 Å². The van der Waals surface area contributed by atoms with E-state index in [4.69, 9.17) is 4.42 Å². The summed E-state index contributed by atoms with van der Waals surface area (Å²) in [6.45, 7) is 0. The first kappa shape index (κ1) is 38.0. The molecule has 65 heavy (non-hydrogen) atoms. The highest BCUT2D eigenvalue weighted by Gasteiger charge is 2.25. The Bertz CT molecular complexity index is 3640. The van der Waals surface area contributed by atoms with E-state index in [1.54, 1.807) is 0 Å². The van der Waals surface area contributed by atoms with E-state index in [0.29, 0.717) is 0 Å². The van der Waals surface area contributed by atoms with Crippen LogP contribution in [0, 0.1) is 0 Å². The van der Waals surface area contributed by atoms with Crippen molar-refractivity contribution in [1.82, 2.24) is 0 Å². The molecular weight excluding hydrogens is 789 g/mol. The van der Waals surface area contributed by atoms with Gasteiger partial charge in [-0.2, -0.15) is 0 Å². The molecule has 0 radical (unpaired) electrons. The van der Waals surface area contributed by atoms with Crippen LogP contribution in [-0.4, -0.2) is 0 Å². The molecule has 0 aliphatic carbocycles. The summed E-state index contributed by atoms with van der Waals surface area (Å²) in [4.78, 5) is 4.75. The predicted molar refractivity (Wildman–Crippen MR) is 274 cm³/mol. The Labute approximate surface area is 378 Å². The lowest BCUT2D eigenvalue weighted by atomic mass is 9.92. The van der Waals surface area contributed by atoms with Crippen LogP contribution in [0.15, 0.2) is 259 Å². The van der Waals surface area contributed by atoms with Gasteiger partial charge in [0.25, 0.3) is 0 Å². The van der Waals surface area contributed by atoms with Gasteiger partial charge < -0.3 is 14.2 Å². The zero-order chi connectivity index (χ0) is 43.1. The smallest absolute Gasteiger partial charge is 0.139 e. The summed E-state index contributed by atoms with van der Waals surface area (Å²) in [5, 5.41) is 6.86. The average molecular weight is 831 g/mol. The van der Waals surface area contributed by atoms with Crippen molar-refractivity contribution in [3.63, 3.8) is 0 Å². The highest BCUT2D eigenvalue weighted by Crippen LogP contribution is 2.49. The molecule has 0 spiro atoms. The third kappa shape index (κ3) is 7.06. The first-order valence-corrected chi connectivity index (χ1v) is 22.2. The van der Waals surface area contributed by atoms with Crippen LogP contribution < -0.4 is 9.80 Å². The number of anilines is 6. The monoisotopic (exact) mass is 830 g/mol. The zero-order valence-electron chi connectivity index (χ0n) is 35.6. The molecule has 11 aromatic carbocycles. The minimum Gasteiger partial charge on any atom is -0.456 e. The van der Waals surface area contributed by atoms with Gasteiger partial charge in [-0.1, -0.05) is 176 Å². The number of hydrogen-bond donors (Lipinski definition) is 0. The Morgan fingerprint density at radius 1 is 0.262 bits per heavy atom. The number of rotatable bonds is 9. The topological polar surface area (TPSA) is 19.6 Å². The summed E-state index contributed by atoms with van der Waals surface area (Å²) in [6, 6.07) is 91.4. The number of fused-ring (bicyclic) bond motifs is 5. The molecule has 1 aromatic heterocycles. The minimum absolute atomic E-state index is 0.807. The fourth-order valence-electron chi connectivity index (χ4n) is 9.46. The van der Waals surface area contributed by atoms with Gasteiger partial charge >= 0.3 is 0 Å². The van der Waals surface area contributed by atoms with E-state index in [0.717, 1.165) is 72.6 Å². The highest BCUT2D eigenvalue weighted by molar-refractivity contribution is 6.17. The second kappa shape index (κ2) is 16.2. The number of benzene rings is 11. The molecule has 3 nitrogen and oxygen atoms in total. The fourth-order valence-corrected chi connectivity index (χ4v) is 9.46. The summed E-state index contributed by atoms with van der Waals surface area (Å²) >= 11 is 0. The lowest BCUT2D eigenvalue weighted by Gasteiger charge is -2.30. The molecule has 0 unspecified atom stereocenters. The molecule has 0 saturated carbocycles. The first-order valence-electron chi connectivity index (χ1n) is 22.2. The Morgan fingerprint density at radius 3 is 1.45 bits per heavy atom. The van der Waals surface area contributed by atoms with E-state index in [-0.39, 0.29) is 0 Å². The van der Waals surface area contributed by atoms with Crippen LogP contribution in [0.3, 0.4) is 0 Å². The van der Waals surface area contributed by atoms with Crippen molar-refractivity contribution in [2.24, 2.45) is 0 Å². The SMILES string of the molecule is c1ccc(-c2ccc(N(c3ccccc3)c3cc(N(c4ccccc4)c4ccc(-c5ccc6ccccc6c5)c(-c5ccccc5)c4)c4c(c3)oc3cc5ccccc5cc34)cc2)cc1. The van der Waals surface area contributed by atoms with Crippen LogP contribution in [0.4, 0.5) is 34.1 Å². The second-order valence-corrected chi connectivity index (χ2v) is 16.5. The molecule has 0 atom stereocenters. The molecule has 0 aliphatic rings. The number of furan rings is 1. The third-order valence-electron chi connectivity index (χ3n) is 12.6. The summed E-state index contributed by atoms with van der Waals surface area (Å²) < 4.78 is 7.01. The largest absolute Gasteiger partial charge is 0.456 e. The van der Waals surface area contributed by atoms with Crippen molar-refractivity contribution in [2.45, 2.75) is 0 Å². The normalized spacial score (nSPS) is 11.4. The Kier molecular flexibility index (Phi) is 9.50. The van der Waals surface area contributed by atoms with Gasteiger partial charge in [0, 0.05) is 34.2 Å². The van der Waals surface area contributed by atoms with Crippen LogP contribution in [0.5, 0.6) is 0 Å². The van der Waals surface area contributed by atoms with E-state index in [1.165, 1.54) is 38.4 Å². The highest BCUT2D eigenvalue weighted by atomic mass is 16.3. The number of para-hydroxylation sites is 2. The van der Waals surface area contributed by atoms with E-state index < -0.39 is 0 Å². The predicted octanol–water partition coefficient (Wildman–Crippen LogP) is 17.8. The van der Waals surface area contributed by atoms with Gasteiger partial charge in [-0.05, 0) is 128 Å². The van der Waals surface area contributed by atoms with Gasteiger partial charge in [-0.25, -0.2) is 0 Å². The maximum absolute atomic E-state index is 7.01. The third-order valence-corrected chi connectivity index (χ3v) is 12.6. The van der Waals surface area contributed by atoms with Crippen molar-refractivity contribution in [3.8, 4) is 33.4 Å². The van der Waals surface area contributed by atoms with Crippen molar-refractivity contribution in [2.75, 3.05) is 9.80 Å². The molecule has 0 aliphatic heterocycles. The van der Waals surface area contributed by atoms with Gasteiger partial charge in [0.05, 0.1) is 16.8 Å². The summed E-state index contributed by atoms with van der Waals surface area (Å²) in [7, 11) is 0. The van der Waals surface area contributed by atoms with Crippen LogP contribution in [0.2, 0.25) is 0 Å². The summed E-state index contributed by atoms with van der Waals surface area (Å²) in [5.41, 5.74) is 14.8. The zero-order valence-corrected chi connectivity index (χ0v) is 35.6. The minimum atomic E-state index is 0.807. The molecule has 0 N–H and O–H groups in total. The molecule has 3 heteroatoms. The van der Waals surface area contributed by atoms with Gasteiger partial charge in [0.15, 0.2) is 0 Å². The molecular formula is C62H42N2O. The molecule has 0 saturated heterocycles. The fraction of sp³-hybridized carbons (Fsp3) is 0. The molecule has 12 aromatic rings. The number of hydrogen-bond acceptors (Lipinski definition) is 3. The Balaban J connectivity index is 1.13. The van der Waals surface area contributed by atoms with Crippen LogP contribution in [-0.2, 0) is 0 Å². The Morgan fingerprint density at radius 2 is 0.769 bits per heavy atom. The molecule has 1 heterocycles. The van der Waals surface area contributed by atoms with E-state index in [2.05, 4.69) is 265 Å². The average Bonchev–Trinajstić information content (AvgIpc) is 3.74. The molecule has 306 valence electrons. The maximum atomic E-state index is 7.01. The van der Waals surface area contributed by atoms with Gasteiger partial charge in [0.2, 0.25) is 0 Å². The van der Waals surface area contributed by atoms with E-state index in [9.17, 15) is 0 Å². The van der Waals surface area contributed by atoms with Crippen molar-refractivity contribution >= 4 is 77.6 Å². The van der Waals surface area contributed by atoms with Crippen molar-refractivity contribution in [1.29, 1.82) is 0 Å². The van der Waals surface area contributed by atoms with E-state index >= 15 is 0 Å². The Hall–Kier alpha value is -8.66. The number of nitrogens with zero attached hydrogens (tertiary/aromatic N) is 2. The standard InChI is InChI=1S/C62H42N2O/c1-5-17-43(18-6-1)45-31-33-53(34-32-45)63(51-25-9-3-10-26-51)55-41-59(62-58-38-48-23-15-16-24-49(48)39-60(58)65-61(62)42-55)64(52-27-11-4-12-28-52)54-35-36-56(57(40-54)46-20-7-2-8-21-46)50-30-29-44-19-13-14-22-47(44)37-50/h1-42H. The van der Waals surface area contributed by atoms with Crippen molar-refractivity contribution < 1.29 is 4.42 Å². The maximum Gasteiger partial charge on any atom is 0.139 e. The lowest BCUT2D eigenvalue weighted by Crippen LogP contribution is -2.14. The summed E-state index contributed by atoms with van der Waals surface area (Å²) in [6.07, 6.45) is 0. The first-order chi connectivity index (χ1) is 32.2. The molecule has 0 amide bonds. The van der Waals surface area contributed by atoms with Gasteiger partial charge in [0.1, 0.15) is 11.2 Å².